The first-order valence-electron chi connectivity index (χ1n) is 8.74. The molecule has 0 spiro atoms. The highest BCUT2D eigenvalue weighted by atomic mass is 32.2. The third-order valence-electron chi connectivity index (χ3n) is 7.53. The van der Waals surface area contributed by atoms with E-state index in [1.54, 1.807) is 29.3 Å². The van der Waals surface area contributed by atoms with E-state index < -0.39 is 21.5 Å². The summed E-state index contributed by atoms with van der Waals surface area (Å²) in [5.74, 6) is -0.00217. The lowest BCUT2D eigenvalue weighted by molar-refractivity contribution is -0.137. The fraction of sp³-hybridized carbons (Fsp3) is 0.611. The molecule has 1 heterocycles. The van der Waals surface area contributed by atoms with Crippen molar-refractivity contribution in [2.75, 3.05) is 6.54 Å². The van der Waals surface area contributed by atoms with E-state index in [4.69, 9.17) is 5.73 Å². The molecule has 2 aliphatic carbocycles. The first-order valence-corrected chi connectivity index (χ1v) is 10.2. The Labute approximate surface area is 148 Å². The number of sulfonamides is 1. The molecule has 0 unspecified atom stereocenters. The molecule has 1 saturated heterocycles. The van der Waals surface area contributed by atoms with Gasteiger partial charge in [0, 0.05) is 12.0 Å². The SMILES string of the molecule is Cc1ccc(S(=O)(=O)NN2C[C@@]3(C)[C@@H]4CC[C@@]3(C)[C@@]2(C(N)=O)C4)cc1. The van der Waals surface area contributed by atoms with Gasteiger partial charge in [-0.2, -0.15) is 0 Å². The van der Waals surface area contributed by atoms with Crippen LogP contribution in [0.25, 0.3) is 0 Å². The van der Waals surface area contributed by atoms with E-state index in [-0.39, 0.29) is 15.7 Å². The van der Waals surface area contributed by atoms with Gasteiger partial charge < -0.3 is 5.73 Å². The van der Waals surface area contributed by atoms with Crippen molar-refractivity contribution in [1.29, 1.82) is 0 Å². The summed E-state index contributed by atoms with van der Waals surface area (Å²) in [4.78, 5) is 15.4. The number of nitrogens with one attached hydrogen (secondary N) is 1. The molecule has 1 aliphatic heterocycles. The summed E-state index contributed by atoms with van der Waals surface area (Å²) >= 11 is 0. The Hall–Kier alpha value is -1.44. The zero-order valence-electron chi connectivity index (χ0n) is 14.9. The zero-order valence-corrected chi connectivity index (χ0v) is 15.7. The van der Waals surface area contributed by atoms with E-state index in [0.717, 1.165) is 18.4 Å². The van der Waals surface area contributed by atoms with Crippen molar-refractivity contribution in [2.45, 2.75) is 50.5 Å². The Morgan fingerprint density at radius 1 is 1.28 bits per heavy atom. The second-order valence-corrected chi connectivity index (χ2v) is 10.1. The van der Waals surface area contributed by atoms with Crippen molar-refractivity contribution in [1.82, 2.24) is 9.84 Å². The van der Waals surface area contributed by atoms with Crippen LogP contribution in [0.3, 0.4) is 0 Å². The van der Waals surface area contributed by atoms with Gasteiger partial charge >= 0.3 is 0 Å². The number of hydrogen-bond donors (Lipinski definition) is 2. The monoisotopic (exact) mass is 363 g/mol. The van der Waals surface area contributed by atoms with Crippen molar-refractivity contribution < 1.29 is 13.2 Å². The maximum atomic E-state index is 12.9. The minimum atomic E-state index is -3.76. The maximum Gasteiger partial charge on any atom is 0.253 e. The van der Waals surface area contributed by atoms with Gasteiger partial charge in [0.15, 0.2) is 0 Å². The molecule has 1 aromatic carbocycles. The number of rotatable bonds is 4. The molecule has 4 bridgehead atoms. The topological polar surface area (TPSA) is 92.5 Å². The quantitative estimate of drug-likeness (QED) is 0.849. The van der Waals surface area contributed by atoms with Gasteiger partial charge in [-0.25, -0.2) is 13.4 Å². The van der Waals surface area contributed by atoms with Crippen LogP contribution >= 0.6 is 0 Å². The molecule has 136 valence electrons. The van der Waals surface area contributed by atoms with Gasteiger partial charge in [0.25, 0.3) is 10.0 Å². The van der Waals surface area contributed by atoms with Crippen molar-refractivity contribution in [2.24, 2.45) is 22.5 Å². The summed E-state index contributed by atoms with van der Waals surface area (Å²) < 4.78 is 25.7. The van der Waals surface area contributed by atoms with Crippen LogP contribution < -0.4 is 10.6 Å². The van der Waals surface area contributed by atoms with Crippen LogP contribution in [0.1, 0.15) is 38.7 Å². The predicted octanol–water partition coefficient (Wildman–Crippen LogP) is 1.55. The first kappa shape index (κ1) is 17.0. The number of benzene rings is 1. The molecule has 1 amide bonds. The van der Waals surface area contributed by atoms with Crippen LogP contribution in [-0.2, 0) is 14.8 Å². The van der Waals surface area contributed by atoms with Crippen molar-refractivity contribution in [3.8, 4) is 0 Å². The molecule has 1 aromatic rings. The van der Waals surface area contributed by atoms with Crippen LogP contribution in [0.2, 0.25) is 0 Å². The van der Waals surface area contributed by atoms with E-state index in [1.807, 2.05) is 6.92 Å². The van der Waals surface area contributed by atoms with Gasteiger partial charge in [0.2, 0.25) is 5.91 Å². The van der Waals surface area contributed by atoms with Gasteiger partial charge in [0.1, 0.15) is 5.54 Å². The molecule has 3 fully saturated rings. The van der Waals surface area contributed by atoms with E-state index in [2.05, 4.69) is 18.7 Å². The highest BCUT2D eigenvalue weighted by molar-refractivity contribution is 7.89. The van der Waals surface area contributed by atoms with Crippen LogP contribution in [0.4, 0.5) is 0 Å². The molecule has 0 aromatic heterocycles. The van der Waals surface area contributed by atoms with Gasteiger partial charge in [0.05, 0.1) is 4.90 Å². The molecule has 2 saturated carbocycles. The summed E-state index contributed by atoms with van der Waals surface area (Å²) in [5.41, 5.74) is 5.50. The summed E-state index contributed by atoms with van der Waals surface area (Å²) in [5, 5.41) is 1.63. The van der Waals surface area contributed by atoms with Crippen LogP contribution in [0, 0.1) is 23.7 Å². The third kappa shape index (κ3) is 1.86. The van der Waals surface area contributed by atoms with Crippen LogP contribution in [-0.4, -0.2) is 31.4 Å². The summed E-state index contributed by atoms with van der Waals surface area (Å²) in [6.07, 6.45) is 2.62. The fourth-order valence-corrected chi connectivity index (χ4v) is 6.92. The fourth-order valence-electron chi connectivity index (χ4n) is 5.81. The maximum absolute atomic E-state index is 12.9. The summed E-state index contributed by atoms with van der Waals surface area (Å²) in [6, 6.07) is 6.69. The standard InChI is InChI=1S/C18H25N3O3S/c1-12-4-6-14(7-5-12)25(23,24)20-21-11-16(2)13-8-9-17(16,3)18(21,10-13)15(19)22/h4-7,13,20H,8-11H2,1-3H3,(H2,19,22)/t13-,16+,17-,18+/m1/s1. The Kier molecular flexibility index (Phi) is 3.29. The second-order valence-electron chi connectivity index (χ2n) is 8.41. The van der Waals surface area contributed by atoms with Gasteiger partial charge in [-0.15, -0.1) is 4.83 Å². The number of hydrazine groups is 1. The highest BCUT2D eigenvalue weighted by Gasteiger charge is 2.80. The lowest BCUT2D eigenvalue weighted by Crippen LogP contribution is -2.65. The highest BCUT2D eigenvalue weighted by Crippen LogP contribution is 2.75. The van der Waals surface area contributed by atoms with Crippen molar-refractivity contribution in [3.63, 3.8) is 0 Å². The van der Waals surface area contributed by atoms with Gasteiger partial charge in [-0.3, -0.25) is 4.79 Å². The minimum absolute atomic E-state index is 0.0994. The Morgan fingerprint density at radius 2 is 1.92 bits per heavy atom. The number of carbonyl (C=O) groups excluding carboxylic acids is 1. The zero-order chi connectivity index (χ0) is 18.3. The van der Waals surface area contributed by atoms with Crippen LogP contribution in [0.5, 0.6) is 0 Å². The molecule has 4 rings (SSSR count). The first-order chi connectivity index (χ1) is 11.6. The number of piperidine rings is 1. The Balaban J connectivity index is 1.73. The lowest BCUT2D eigenvalue weighted by atomic mass is 9.65. The minimum Gasteiger partial charge on any atom is -0.368 e. The van der Waals surface area contributed by atoms with E-state index in [0.29, 0.717) is 18.9 Å². The third-order valence-corrected chi connectivity index (χ3v) is 8.88. The Bertz CT molecular complexity index is 853. The smallest absolute Gasteiger partial charge is 0.253 e. The molecule has 7 heteroatoms. The van der Waals surface area contributed by atoms with E-state index >= 15 is 0 Å². The van der Waals surface area contributed by atoms with E-state index in [9.17, 15) is 13.2 Å². The molecular formula is C18H25N3O3S. The Morgan fingerprint density at radius 3 is 2.48 bits per heavy atom. The second kappa shape index (κ2) is 4.84. The molecule has 4 atom stereocenters. The molecule has 0 radical (unpaired) electrons. The average Bonchev–Trinajstić information content (AvgIpc) is 2.96. The van der Waals surface area contributed by atoms with Crippen molar-refractivity contribution >= 4 is 15.9 Å². The average molecular weight is 363 g/mol. The lowest BCUT2D eigenvalue weighted by Gasteiger charge is -2.45. The number of primary amides is 1. The largest absolute Gasteiger partial charge is 0.368 e. The number of aryl methyl sites for hydroxylation is 1. The van der Waals surface area contributed by atoms with Crippen molar-refractivity contribution in [3.05, 3.63) is 29.8 Å². The number of hydrogen-bond acceptors (Lipinski definition) is 4. The molecular weight excluding hydrogens is 338 g/mol. The molecule has 25 heavy (non-hydrogen) atoms. The van der Waals surface area contributed by atoms with Gasteiger partial charge in [-0.05, 0) is 49.7 Å². The number of nitrogens with zero attached hydrogens (tertiary/aromatic N) is 1. The number of nitrogens with two attached hydrogens (primary N) is 1. The van der Waals surface area contributed by atoms with Gasteiger partial charge in [-0.1, -0.05) is 31.5 Å². The number of carbonyl (C=O) groups is 1. The molecule has 3 N–H and O–H groups in total. The molecule has 3 aliphatic rings. The molecule has 6 nitrogen and oxygen atoms in total. The number of amides is 1. The summed E-state index contributed by atoms with van der Waals surface area (Å²) in [6.45, 7) is 6.70. The predicted molar refractivity (Wildman–Crippen MR) is 93.7 cm³/mol. The normalized spacial score (nSPS) is 39.9. The summed E-state index contributed by atoms with van der Waals surface area (Å²) in [7, 11) is -3.76. The van der Waals surface area contributed by atoms with E-state index in [1.165, 1.54) is 0 Å². The van der Waals surface area contributed by atoms with Crippen LogP contribution in [0.15, 0.2) is 29.2 Å².